The lowest BCUT2D eigenvalue weighted by atomic mass is 10.2. The Balaban J connectivity index is 2.83. The van der Waals surface area contributed by atoms with Crippen LogP contribution in [-0.4, -0.2) is 33.6 Å². The van der Waals surface area contributed by atoms with Crippen molar-refractivity contribution in [3.05, 3.63) is 18.1 Å². The predicted octanol–water partition coefficient (Wildman–Crippen LogP) is 1.39. The van der Waals surface area contributed by atoms with Gasteiger partial charge in [-0.15, -0.1) is 0 Å². The molecule has 1 aromatic rings. The number of rotatable bonds is 6. The van der Waals surface area contributed by atoms with Crippen molar-refractivity contribution in [2.75, 3.05) is 11.4 Å². The monoisotopic (exact) mass is 251 g/mol. The highest BCUT2D eigenvalue weighted by atomic mass is 16.4. The van der Waals surface area contributed by atoms with E-state index in [0.29, 0.717) is 13.0 Å². The third kappa shape index (κ3) is 3.87. The van der Waals surface area contributed by atoms with Crippen LogP contribution in [-0.2, 0) is 6.42 Å². The van der Waals surface area contributed by atoms with E-state index in [1.807, 2.05) is 6.07 Å². The minimum absolute atomic E-state index is 0.227. The van der Waals surface area contributed by atoms with Gasteiger partial charge in [0.05, 0.1) is 0 Å². The van der Waals surface area contributed by atoms with Gasteiger partial charge in [0.15, 0.2) is 0 Å². The molecule has 1 aromatic heterocycles. The molecule has 0 aromatic carbocycles. The molecule has 0 aliphatic carbocycles. The van der Waals surface area contributed by atoms with Crippen molar-refractivity contribution in [1.82, 2.24) is 9.97 Å². The van der Waals surface area contributed by atoms with Gasteiger partial charge in [-0.05, 0) is 20.3 Å². The average molecular weight is 251 g/mol. The van der Waals surface area contributed by atoms with Gasteiger partial charge in [0.2, 0.25) is 0 Å². The number of amidine groups is 1. The highest BCUT2D eigenvalue weighted by Crippen LogP contribution is 2.15. The fourth-order valence-electron chi connectivity index (χ4n) is 1.66. The molecule has 1 heterocycles. The summed E-state index contributed by atoms with van der Waals surface area (Å²) in [7, 11) is 0. The lowest BCUT2D eigenvalue weighted by Crippen LogP contribution is -2.34. The molecule has 0 spiro atoms. The summed E-state index contributed by atoms with van der Waals surface area (Å²) in [5, 5.41) is 11.5. The largest absolute Gasteiger partial charge is 0.409 e. The lowest BCUT2D eigenvalue weighted by Gasteiger charge is -2.27. The summed E-state index contributed by atoms with van der Waals surface area (Å²) in [6.45, 7) is 6.88. The third-order valence-corrected chi connectivity index (χ3v) is 2.73. The minimum atomic E-state index is 0.227. The van der Waals surface area contributed by atoms with E-state index in [4.69, 9.17) is 10.9 Å². The van der Waals surface area contributed by atoms with Crippen molar-refractivity contribution in [3.8, 4) is 0 Å². The van der Waals surface area contributed by atoms with E-state index in [0.717, 1.165) is 17.9 Å². The summed E-state index contributed by atoms with van der Waals surface area (Å²) < 4.78 is 0. The predicted molar refractivity (Wildman–Crippen MR) is 71.9 cm³/mol. The smallest absolute Gasteiger partial charge is 0.140 e. The molecular formula is C12H21N5O. The first kappa shape index (κ1) is 14.2. The molecule has 0 atom stereocenters. The summed E-state index contributed by atoms with van der Waals surface area (Å²) in [4.78, 5) is 10.6. The molecular weight excluding hydrogens is 230 g/mol. The molecule has 6 heteroatoms. The molecule has 0 saturated heterocycles. The van der Waals surface area contributed by atoms with Crippen LogP contribution in [0.2, 0.25) is 0 Å². The maximum absolute atomic E-state index is 8.56. The van der Waals surface area contributed by atoms with Gasteiger partial charge in [-0.2, -0.15) is 0 Å². The van der Waals surface area contributed by atoms with Crippen LogP contribution >= 0.6 is 0 Å². The van der Waals surface area contributed by atoms with E-state index >= 15 is 0 Å². The van der Waals surface area contributed by atoms with Crippen molar-refractivity contribution in [2.24, 2.45) is 10.9 Å². The van der Waals surface area contributed by atoms with E-state index in [1.54, 1.807) is 6.33 Å². The number of nitrogens with zero attached hydrogens (tertiary/aromatic N) is 4. The van der Waals surface area contributed by atoms with Crippen LogP contribution in [0.4, 0.5) is 5.82 Å². The SMILES string of the molecule is CCc1cc(N(CC/C(N)=N/O)C(C)C)ncn1. The second kappa shape index (κ2) is 6.78. The summed E-state index contributed by atoms with van der Waals surface area (Å²) in [5.41, 5.74) is 6.50. The molecule has 18 heavy (non-hydrogen) atoms. The minimum Gasteiger partial charge on any atom is -0.409 e. The number of nitrogens with two attached hydrogens (primary N) is 1. The molecule has 6 nitrogen and oxygen atoms in total. The van der Waals surface area contributed by atoms with E-state index in [2.05, 4.69) is 40.8 Å². The van der Waals surface area contributed by atoms with Gasteiger partial charge in [-0.3, -0.25) is 0 Å². The van der Waals surface area contributed by atoms with E-state index in [1.165, 1.54) is 0 Å². The molecule has 0 unspecified atom stereocenters. The number of hydrogen-bond acceptors (Lipinski definition) is 5. The van der Waals surface area contributed by atoms with Gasteiger partial charge in [0.25, 0.3) is 0 Å². The molecule has 0 saturated carbocycles. The maximum Gasteiger partial charge on any atom is 0.140 e. The van der Waals surface area contributed by atoms with Gasteiger partial charge in [-0.25, -0.2) is 9.97 Å². The fourth-order valence-corrected chi connectivity index (χ4v) is 1.66. The standard InChI is InChI=1S/C12H21N5O/c1-4-10-7-12(15-8-14-10)17(9(2)3)6-5-11(13)16-18/h7-9,18H,4-6H2,1-3H3,(H2,13,16). The van der Waals surface area contributed by atoms with Crippen LogP contribution in [0.15, 0.2) is 17.5 Å². The second-order valence-electron chi connectivity index (χ2n) is 4.35. The van der Waals surface area contributed by atoms with Crippen molar-refractivity contribution in [2.45, 2.75) is 39.7 Å². The number of aryl methyl sites for hydroxylation is 1. The Morgan fingerprint density at radius 3 is 2.78 bits per heavy atom. The molecule has 0 aliphatic heterocycles. The Kier molecular flexibility index (Phi) is 5.35. The molecule has 0 fully saturated rings. The molecule has 0 aliphatic rings. The van der Waals surface area contributed by atoms with Crippen molar-refractivity contribution in [3.63, 3.8) is 0 Å². The normalized spacial score (nSPS) is 11.9. The number of anilines is 1. The van der Waals surface area contributed by atoms with Crippen LogP contribution in [0.25, 0.3) is 0 Å². The molecule has 0 bridgehead atoms. The lowest BCUT2D eigenvalue weighted by molar-refractivity contribution is 0.317. The maximum atomic E-state index is 8.56. The first-order chi connectivity index (χ1) is 8.58. The fraction of sp³-hybridized carbons (Fsp3) is 0.583. The van der Waals surface area contributed by atoms with Gasteiger partial charge in [-0.1, -0.05) is 12.1 Å². The first-order valence-corrected chi connectivity index (χ1v) is 6.12. The van der Waals surface area contributed by atoms with Gasteiger partial charge >= 0.3 is 0 Å². The topological polar surface area (TPSA) is 87.6 Å². The molecule has 0 amide bonds. The van der Waals surface area contributed by atoms with Gasteiger partial charge < -0.3 is 15.8 Å². The summed E-state index contributed by atoms with van der Waals surface area (Å²) >= 11 is 0. The van der Waals surface area contributed by atoms with E-state index in [9.17, 15) is 0 Å². The Labute approximate surface area is 108 Å². The third-order valence-electron chi connectivity index (χ3n) is 2.73. The molecule has 0 radical (unpaired) electrons. The number of aromatic nitrogens is 2. The van der Waals surface area contributed by atoms with Crippen LogP contribution < -0.4 is 10.6 Å². The Bertz CT molecular complexity index is 405. The highest BCUT2D eigenvalue weighted by Gasteiger charge is 2.13. The van der Waals surface area contributed by atoms with Crippen molar-refractivity contribution < 1.29 is 5.21 Å². The average Bonchev–Trinajstić information content (AvgIpc) is 2.38. The second-order valence-corrected chi connectivity index (χ2v) is 4.35. The molecule has 1 rings (SSSR count). The molecule has 100 valence electrons. The van der Waals surface area contributed by atoms with Gasteiger partial charge in [0.1, 0.15) is 18.0 Å². The van der Waals surface area contributed by atoms with Crippen LogP contribution in [0.3, 0.4) is 0 Å². The van der Waals surface area contributed by atoms with Crippen LogP contribution in [0, 0.1) is 0 Å². The highest BCUT2D eigenvalue weighted by molar-refractivity contribution is 5.80. The van der Waals surface area contributed by atoms with Crippen LogP contribution in [0.1, 0.15) is 32.9 Å². The van der Waals surface area contributed by atoms with Crippen molar-refractivity contribution >= 4 is 11.7 Å². The first-order valence-electron chi connectivity index (χ1n) is 6.12. The Hall–Kier alpha value is -1.85. The molecule has 3 N–H and O–H groups in total. The number of hydrogen-bond donors (Lipinski definition) is 2. The van der Waals surface area contributed by atoms with E-state index < -0.39 is 0 Å². The van der Waals surface area contributed by atoms with Gasteiger partial charge in [0, 0.05) is 30.8 Å². The van der Waals surface area contributed by atoms with Crippen LogP contribution in [0.5, 0.6) is 0 Å². The Morgan fingerprint density at radius 2 is 2.22 bits per heavy atom. The summed E-state index contributed by atoms with van der Waals surface area (Å²) in [5.74, 6) is 1.10. The summed E-state index contributed by atoms with van der Waals surface area (Å²) in [6.07, 6.45) is 2.95. The summed E-state index contributed by atoms with van der Waals surface area (Å²) in [6, 6.07) is 2.27. The number of oxime groups is 1. The van der Waals surface area contributed by atoms with E-state index in [-0.39, 0.29) is 11.9 Å². The quantitative estimate of drug-likeness (QED) is 0.345. The Morgan fingerprint density at radius 1 is 1.50 bits per heavy atom. The zero-order valence-corrected chi connectivity index (χ0v) is 11.2. The zero-order chi connectivity index (χ0) is 13.5. The zero-order valence-electron chi connectivity index (χ0n) is 11.2. The van der Waals surface area contributed by atoms with Crippen molar-refractivity contribution in [1.29, 1.82) is 0 Å².